The van der Waals surface area contributed by atoms with E-state index in [1.54, 1.807) is 0 Å². The Hall–Kier alpha value is -2.11. The Labute approximate surface area is 176 Å². The number of nitrogens with one attached hydrogen (secondary N) is 1. The van der Waals surface area contributed by atoms with Crippen molar-refractivity contribution in [1.29, 1.82) is 0 Å². The van der Waals surface area contributed by atoms with Gasteiger partial charge in [0.25, 0.3) is 0 Å². The zero-order chi connectivity index (χ0) is 21.7. The molecule has 0 saturated heterocycles. The van der Waals surface area contributed by atoms with Crippen LogP contribution in [0.4, 0.5) is 0 Å². The van der Waals surface area contributed by atoms with Crippen molar-refractivity contribution < 1.29 is 19.5 Å². The van der Waals surface area contributed by atoms with Gasteiger partial charge < -0.3 is 16.2 Å². The number of primary amides is 1. The molecule has 4 N–H and O–H groups in total. The number of aliphatic carboxylic acids is 1. The number of carboxylic acid groups (broad SMARTS) is 1. The monoisotopic (exact) mass is 408 g/mol. The van der Waals surface area contributed by atoms with Crippen LogP contribution in [-0.4, -0.2) is 28.9 Å². The van der Waals surface area contributed by atoms with E-state index >= 15 is 0 Å². The fourth-order valence-electron chi connectivity index (χ4n) is 2.91. The van der Waals surface area contributed by atoms with E-state index in [0.717, 1.165) is 44.9 Å². The van der Waals surface area contributed by atoms with Crippen molar-refractivity contribution in [1.82, 2.24) is 5.32 Å². The van der Waals surface area contributed by atoms with Gasteiger partial charge in [-0.3, -0.25) is 9.59 Å². The lowest BCUT2D eigenvalue weighted by atomic mass is 10.1. The van der Waals surface area contributed by atoms with Crippen molar-refractivity contribution in [3.8, 4) is 0 Å². The molecule has 2 amide bonds. The summed E-state index contributed by atoms with van der Waals surface area (Å²) >= 11 is 0. The maximum absolute atomic E-state index is 11.8. The second kappa shape index (κ2) is 19.2. The molecule has 6 nitrogen and oxygen atoms in total. The number of nitrogens with two attached hydrogens (primary N) is 1. The molecule has 0 heterocycles. The number of allylic oxidation sites excluding steroid dienone is 4. The van der Waals surface area contributed by atoms with E-state index in [9.17, 15) is 14.4 Å². The maximum Gasteiger partial charge on any atom is 0.326 e. The second-order valence-electron chi connectivity index (χ2n) is 7.44. The third kappa shape index (κ3) is 19.0. The maximum atomic E-state index is 11.8. The predicted octanol–water partition coefficient (Wildman–Crippen LogP) is 4.63. The van der Waals surface area contributed by atoms with E-state index in [2.05, 4.69) is 36.5 Å². The van der Waals surface area contributed by atoms with Crippen molar-refractivity contribution in [3.05, 3.63) is 24.3 Å². The highest BCUT2D eigenvalue weighted by molar-refractivity contribution is 5.84. The molecule has 0 aliphatic rings. The fraction of sp³-hybridized carbons (Fsp3) is 0.696. The first-order valence-electron chi connectivity index (χ1n) is 11.1. The van der Waals surface area contributed by atoms with Crippen LogP contribution in [0.25, 0.3) is 0 Å². The molecule has 0 aromatic heterocycles. The van der Waals surface area contributed by atoms with Crippen LogP contribution in [0.1, 0.15) is 96.8 Å². The molecule has 0 fully saturated rings. The number of carbonyl (C=O) groups is 3. The average Bonchev–Trinajstić information content (AvgIpc) is 2.67. The Morgan fingerprint density at radius 1 is 0.862 bits per heavy atom. The van der Waals surface area contributed by atoms with Gasteiger partial charge in [-0.05, 0) is 44.9 Å². The highest BCUT2D eigenvalue weighted by Gasteiger charge is 2.20. The van der Waals surface area contributed by atoms with Crippen LogP contribution in [0, 0.1) is 0 Å². The normalized spacial score (nSPS) is 12.4. The van der Waals surface area contributed by atoms with Crippen LogP contribution in [0.15, 0.2) is 24.3 Å². The zero-order valence-corrected chi connectivity index (χ0v) is 18.0. The first-order chi connectivity index (χ1) is 14.0. The van der Waals surface area contributed by atoms with Gasteiger partial charge in [-0.1, -0.05) is 63.3 Å². The standard InChI is InChI=1S/C23H40N2O4/c1-2-3-4-5-6-7-8-9-10-11-12-13-14-15-16-17-22(27)25-20(23(28)29)18-19-21(24)26/h6-7,9-10,20H,2-5,8,11-19H2,1H3,(H2,24,26)(H,25,27)(H,28,29)/t20-/m0/s1. The summed E-state index contributed by atoms with van der Waals surface area (Å²) in [5.41, 5.74) is 5.02. The molecule has 0 bridgehead atoms. The van der Waals surface area contributed by atoms with Crippen LogP contribution < -0.4 is 11.1 Å². The molecule has 0 aromatic rings. The molecule has 6 heteroatoms. The van der Waals surface area contributed by atoms with Crippen molar-refractivity contribution in [2.24, 2.45) is 5.73 Å². The van der Waals surface area contributed by atoms with Gasteiger partial charge >= 0.3 is 5.97 Å². The zero-order valence-electron chi connectivity index (χ0n) is 18.0. The first-order valence-corrected chi connectivity index (χ1v) is 11.1. The van der Waals surface area contributed by atoms with Crippen molar-refractivity contribution in [2.75, 3.05) is 0 Å². The Balaban J connectivity index is 3.61. The van der Waals surface area contributed by atoms with E-state index in [4.69, 9.17) is 10.8 Å². The molecule has 29 heavy (non-hydrogen) atoms. The van der Waals surface area contributed by atoms with E-state index in [0.29, 0.717) is 6.42 Å². The molecule has 166 valence electrons. The molecule has 0 spiro atoms. The first kappa shape index (κ1) is 26.9. The van der Waals surface area contributed by atoms with Crippen molar-refractivity contribution >= 4 is 17.8 Å². The van der Waals surface area contributed by atoms with Crippen LogP contribution in [0.3, 0.4) is 0 Å². The third-order valence-electron chi connectivity index (χ3n) is 4.67. The molecule has 0 rings (SSSR count). The summed E-state index contributed by atoms with van der Waals surface area (Å²) in [7, 11) is 0. The van der Waals surface area contributed by atoms with Gasteiger partial charge in [0.1, 0.15) is 6.04 Å². The second-order valence-corrected chi connectivity index (χ2v) is 7.44. The summed E-state index contributed by atoms with van der Waals surface area (Å²) in [6.45, 7) is 2.22. The number of amides is 2. The van der Waals surface area contributed by atoms with Crippen LogP contribution in [-0.2, 0) is 14.4 Å². The lowest BCUT2D eigenvalue weighted by Gasteiger charge is -2.13. The number of hydrogen-bond acceptors (Lipinski definition) is 3. The molecule has 0 aliphatic carbocycles. The number of carboxylic acids is 1. The molecular formula is C23H40N2O4. The van der Waals surface area contributed by atoms with Gasteiger partial charge in [-0.15, -0.1) is 0 Å². The summed E-state index contributed by atoms with van der Waals surface area (Å²) in [6, 6.07) is -1.05. The topological polar surface area (TPSA) is 109 Å². The van der Waals surface area contributed by atoms with Crippen LogP contribution in [0.2, 0.25) is 0 Å². The minimum atomic E-state index is -1.14. The summed E-state index contributed by atoms with van der Waals surface area (Å²) < 4.78 is 0. The number of hydrogen-bond donors (Lipinski definition) is 3. The average molecular weight is 409 g/mol. The smallest absolute Gasteiger partial charge is 0.326 e. The quantitative estimate of drug-likeness (QED) is 0.214. The number of carbonyl (C=O) groups excluding carboxylic acids is 2. The van der Waals surface area contributed by atoms with E-state index in [-0.39, 0.29) is 18.7 Å². The minimum Gasteiger partial charge on any atom is -0.480 e. The summed E-state index contributed by atoms with van der Waals surface area (Å²) in [6.07, 6.45) is 21.4. The largest absolute Gasteiger partial charge is 0.480 e. The highest BCUT2D eigenvalue weighted by atomic mass is 16.4. The van der Waals surface area contributed by atoms with Gasteiger partial charge in [-0.2, -0.15) is 0 Å². The van der Waals surface area contributed by atoms with Crippen molar-refractivity contribution in [2.45, 2.75) is 103 Å². The molecule has 0 saturated carbocycles. The summed E-state index contributed by atoms with van der Waals surface area (Å²) in [4.78, 5) is 33.7. The van der Waals surface area contributed by atoms with Gasteiger partial charge in [0.15, 0.2) is 0 Å². The van der Waals surface area contributed by atoms with Gasteiger partial charge in [0, 0.05) is 12.8 Å². The fourth-order valence-corrected chi connectivity index (χ4v) is 2.91. The Morgan fingerprint density at radius 2 is 1.45 bits per heavy atom. The molecule has 1 atom stereocenters. The van der Waals surface area contributed by atoms with E-state index in [1.165, 1.54) is 25.7 Å². The Morgan fingerprint density at radius 3 is 2.03 bits per heavy atom. The summed E-state index contributed by atoms with van der Waals surface area (Å²) in [5, 5.41) is 11.5. The lowest BCUT2D eigenvalue weighted by Crippen LogP contribution is -2.41. The molecule has 0 radical (unpaired) electrons. The van der Waals surface area contributed by atoms with Crippen LogP contribution in [0.5, 0.6) is 0 Å². The number of unbranched alkanes of at least 4 members (excludes halogenated alkanes) is 8. The molecule has 0 aromatic carbocycles. The Bertz CT molecular complexity index is 515. The number of rotatable bonds is 19. The van der Waals surface area contributed by atoms with Crippen molar-refractivity contribution in [3.63, 3.8) is 0 Å². The third-order valence-corrected chi connectivity index (χ3v) is 4.67. The minimum absolute atomic E-state index is 0.0264. The summed E-state index contributed by atoms with van der Waals surface area (Å²) in [5.74, 6) is -1.99. The molecular weight excluding hydrogens is 368 g/mol. The SMILES string of the molecule is CCCCCC=CCC=CCCCCCCCC(=O)N[C@@H](CCC(N)=O)C(=O)O. The predicted molar refractivity (Wildman–Crippen MR) is 117 cm³/mol. The lowest BCUT2D eigenvalue weighted by molar-refractivity contribution is -0.142. The van der Waals surface area contributed by atoms with Gasteiger partial charge in [0.05, 0.1) is 0 Å². The molecule has 0 aliphatic heterocycles. The Kier molecular flexibility index (Phi) is 17.8. The van der Waals surface area contributed by atoms with Gasteiger partial charge in [0.2, 0.25) is 11.8 Å². The van der Waals surface area contributed by atoms with Crippen LogP contribution >= 0.6 is 0 Å². The molecule has 0 unspecified atom stereocenters. The van der Waals surface area contributed by atoms with E-state index < -0.39 is 17.9 Å². The van der Waals surface area contributed by atoms with Gasteiger partial charge in [-0.25, -0.2) is 4.79 Å². The highest BCUT2D eigenvalue weighted by Crippen LogP contribution is 2.08. The van der Waals surface area contributed by atoms with E-state index in [1.807, 2.05) is 0 Å².